The molecular weight excluding hydrogens is 291 g/mol. The van der Waals surface area contributed by atoms with Crippen molar-refractivity contribution in [3.05, 3.63) is 23.3 Å². The van der Waals surface area contributed by atoms with Gasteiger partial charge in [-0.25, -0.2) is 0 Å². The summed E-state index contributed by atoms with van der Waals surface area (Å²) in [5.41, 5.74) is 2.50. The van der Waals surface area contributed by atoms with E-state index in [2.05, 4.69) is 0 Å². The number of hydrogen-bond acceptors (Lipinski definition) is 4. The molecular formula is C13H16F3NO4. The summed E-state index contributed by atoms with van der Waals surface area (Å²) in [6, 6.07) is 1.53. The Morgan fingerprint density at radius 1 is 1.24 bits per heavy atom. The Kier molecular flexibility index (Phi) is 4.72. The van der Waals surface area contributed by atoms with Crippen molar-refractivity contribution in [2.24, 2.45) is 5.73 Å². The summed E-state index contributed by atoms with van der Waals surface area (Å²) in [5, 5.41) is 27.9. The molecule has 1 aromatic rings. The lowest BCUT2D eigenvalue weighted by molar-refractivity contribution is -0.144. The van der Waals surface area contributed by atoms with Crippen molar-refractivity contribution < 1.29 is 33.3 Å². The van der Waals surface area contributed by atoms with E-state index in [0.717, 1.165) is 12.1 Å². The molecule has 21 heavy (non-hydrogen) atoms. The van der Waals surface area contributed by atoms with Crippen LogP contribution in [0.5, 0.6) is 11.5 Å². The van der Waals surface area contributed by atoms with Gasteiger partial charge in [0.05, 0.1) is 0 Å². The number of rotatable bonds is 5. The highest BCUT2D eigenvalue weighted by molar-refractivity contribution is 5.79. The van der Waals surface area contributed by atoms with Gasteiger partial charge in [-0.05, 0) is 24.1 Å². The number of carboxylic acids is 1. The molecule has 1 aromatic carbocycles. The van der Waals surface area contributed by atoms with Crippen LogP contribution < -0.4 is 5.73 Å². The van der Waals surface area contributed by atoms with Crippen molar-refractivity contribution in [2.75, 3.05) is 0 Å². The van der Waals surface area contributed by atoms with Crippen LogP contribution >= 0.6 is 0 Å². The van der Waals surface area contributed by atoms with Crippen LogP contribution in [-0.4, -0.2) is 26.8 Å². The average molecular weight is 307 g/mol. The van der Waals surface area contributed by atoms with E-state index in [1.165, 1.54) is 0 Å². The summed E-state index contributed by atoms with van der Waals surface area (Å²) >= 11 is 0. The number of nitrogens with two attached hydrogens (primary N) is 1. The second-order valence-corrected chi connectivity index (χ2v) is 4.89. The number of aromatic hydroxyl groups is 2. The fourth-order valence-corrected chi connectivity index (χ4v) is 2.14. The third-order valence-electron chi connectivity index (χ3n) is 3.08. The summed E-state index contributed by atoms with van der Waals surface area (Å²) in [5.74, 6) is -3.63. The number of carbonyl (C=O) groups is 1. The Morgan fingerprint density at radius 3 is 2.05 bits per heavy atom. The molecule has 5 N–H and O–H groups in total. The largest absolute Gasteiger partial charge is 0.507 e. The van der Waals surface area contributed by atoms with Gasteiger partial charge in [-0.1, -0.05) is 13.3 Å². The van der Waals surface area contributed by atoms with Crippen molar-refractivity contribution in [3.63, 3.8) is 0 Å². The highest BCUT2D eigenvalue weighted by Crippen LogP contribution is 2.42. The van der Waals surface area contributed by atoms with Gasteiger partial charge in [0.25, 0.3) is 0 Å². The number of aliphatic carboxylic acids is 1. The lowest BCUT2D eigenvalue weighted by Crippen LogP contribution is -2.49. The van der Waals surface area contributed by atoms with Gasteiger partial charge >= 0.3 is 12.1 Å². The van der Waals surface area contributed by atoms with Gasteiger partial charge < -0.3 is 21.1 Å². The molecule has 0 saturated carbocycles. The topological polar surface area (TPSA) is 104 Å². The van der Waals surface area contributed by atoms with Crippen LogP contribution in [0.15, 0.2) is 12.1 Å². The molecule has 0 aliphatic rings. The molecule has 0 spiro atoms. The van der Waals surface area contributed by atoms with Crippen LogP contribution in [0.25, 0.3) is 0 Å². The highest BCUT2D eigenvalue weighted by Gasteiger charge is 2.39. The predicted molar refractivity (Wildman–Crippen MR) is 67.9 cm³/mol. The number of phenolic OH excluding ortho intramolecular Hbond substituents is 2. The first-order chi connectivity index (χ1) is 9.51. The lowest BCUT2D eigenvalue weighted by atomic mass is 9.87. The number of phenols is 2. The van der Waals surface area contributed by atoms with E-state index in [1.54, 1.807) is 6.92 Å². The van der Waals surface area contributed by atoms with Crippen LogP contribution in [-0.2, 0) is 17.4 Å². The number of hydrogen-bond donors (Lipinski definition) is 4. The van der Waals surface area contributed by atoms with Crippen molar-refractivity contribution in [2.45, 2.75) is 37.9 Å². The smallest absolute Gasteiger partial charge is 0.423 e. The van der Waals surface area contributed by atoms with E-state index < -0.39 is 34.7 Å². The first-order valence-electron chi connectivity index (χ1n) is 6.15. The van der Waals surface area contributed by atoms with Crippen LogP contribution in [0.3, 0.4) is 0 Å². The van der Waals surface area contributed by atoms with E-state index in [0.29, 0.717) is 6.42 Å². The molecule has 8 heteroatoms. The minimum Gasteiger partial charge on any atom is -0.507 e. The van der Waals surface area contributed by atoms with Crippen molar-refractivity contribution >= 4 is 5.97 Å². The maximum atomic E-state index is 12.6. The third-order valence-corrected chi connectivity index (χ3v) is 3.08. The summed E-state index contributed by atoms with van der Waals surface area (Å²) in [4.78, 5) is 11.2. The summed E-state index contributed by atoms with van der Waals surface area (Å²) in [6.45, 7) is 1.71. The molecule has 0 amide bonds. The minimum atomic E-state index is -4.91. The van der Waals surface area contributed by atoms with Gasteiger partial charge in [0.1, 0.15) is 22.6 Å². The van der Waals surface area contributed by atoms with E-state index in [9.17, 15) is 28.2 Å². The van der Waals surface area contributed by atoms with E-state index >= 15 is 0 Å². The van der Waals surface area contributed by atoms with Gasteiger partial charge in [0.15, 0.2) is 0 Å². The molecule has 0 radical (unpaired) electrons. The molecule has 5 nitrogen and oxygen atoms in total. The average Bonchev–Trinajstić information content (AvgIpc) is 2.25. The molecule has 118 valence electrons. The van der Waals surface area contributed by atoms with Crippen LogP contribution in [0.1, 0.15) is 30.9 Å². The number of alkyl halides is 3. The van der Waals surface area contributed by atoms with E-state index in [4.69, 9.17) is 10.8 Å². The van der Waals surface area contributed by atoms with Gasteiger partial charge in [0.2, 0.25) is 0 Å². The molecule has 0 unspecified atom stereocenters. The minimum absolute atomic E-state index is 0.0105. The highest BCUT2D eigenvalue weighted by atomic mass is 19.4. The third kappa shape index (κ3) is 3.78. The first-order valence-corrected chi connectivity index (χ1v) is 6.15. The van der Waals surface area contributed by atoms with Gasteiger partial charge in [-0.3, -0.25) is 4.79 Å². The molecule has 0 saturated heterocycles. The molecule has 0 aromatic heterocycles. The van der Waals surface area contributed by atoms with Crippen LogP contribution in [0, 0.1) is 0 Å². The fraction of sp³-hybridized carbons (Fsp3) is 0.462. The molecule has 0 heterocycles. The molecule has 0 bridgehead atoms. The summed E-state index contributed by atoms with van der Waals surface area (Å²) in [6.07, 6.45) is -4.66. The number of halogens is 3. The maximum absolute atomic E-state index is 12.6. The van der Waals surface area contributed by atoms with Crippen LogP contribution in [0.4, 0.5) is 13.2 Å². The van der Waals surface area contributed by atoms with Gasteiger partial charge in [-0.15, -0.1) is 0 Å². The van der Waals surface area contributed by atoms with Crippen molar-refractivity contribution in [1.29, 1.82) is 0 Å². The monoisotopic (exact) mass is 307 g/mol. The Labute approximate surface area is 118 Å². The zero-order valence-electron chi connectivity index (χ0n) is 11.2. The zero-order chi connectivity index (χ0) is 16.4. The quantitative estimate of drug-likeness (QED) is 0.668. The Morgan fingerprint density at radius 2 is 1.71 bits per heavy atom. The standard InChI is InChI=1S/C13H16F3NO4/c1-2-3-12(17,11(20)21)6-7-4-8(18)10(9(19)5-7)13(14,15)16/h4-5,18-19H,2-3,6,17H2,1H3,(H,20,21)/t12-/m1/s1. The molecule has 0 aliphatic heterocycles. The fourth-order valence-electron chi connectivity index (χ4n) is 2.14. The van der Waals surface area contributed by atoms with E-state index in [1.807, 2.05) is 0 Å². The number of carboxylic acid groups (broad SMARTS) is 1. The molecule has 0 fully saturated rings. The second kappa shape index (κ2) is 5.80. The summed E-state index contributed by atoms with van der Waals surface area (Å²) < 4.78 is 37.8. The molecule has 0 aliphatic carbocycles. The van der Waals surface area contributed by atoms with Gasteiger partial charge in [-0.2, -0.15) is 13.2 Å². The second-order valence-electron chi connectivity index (χ2n) is 4.89. The normalized spacial score (nSPS) is 14.7. The Balaban J connectivity index is 3.20. The van der Waals surface area contributed by atoms with Crippen molar-refractivity contribution in [1.82, 2.24) is 0 Å². The molecule has 1 rings (SSSR count). The van der Waals surface area contributed by atoms with Crippen molar-refractivity contribution in [3.8, 4) is 11.5 Å². The SMILES string of the molecule is CCC[C@@](N)(Cc1cc(O)c(C(F)(F)F)c(O)c1)C(=O)O. The Hall–Kier alpha value is -1.96. The lowest BCUT2D eigenvalue weighted by Gasteiger charge is -2.24. The number of benzene rings is 1. The van der Waals surface area contributed by atoms with Gasteiger partial charge in [0, 0.05) is 6.42 Å². The maximum Gasteiger partial charge on any atom is 0.423 e. The van der Waals surface area contributed by atoms with Crippen LogP contribution in [0.2, 0.25) is 0 Å². The van der Waals surface area contributed by atoms with E-state index in [-0.39, 0.29) is 18.4 Å². The Bertz CT molecular complexity index is 522. The molecule has 1 atom stereocenters. The predicted octanol–water partition coefficient (Wildman–Crippen LogP) is 2.24. The summed E-state index contributed by atoms with van der Waals surface area (Å²) in [7, 11) is 0. The first kappa shape index (κ1) is 17.1. The zero-order valence-corrected chi connectivity index (χ0v) is 11.2.